The van der Waals surface area contributed by atoms with Crippen molar-refractivity contribution in [3.05, 3.63) is 0 Å². The smallest absolute Gasteiger partial charge is 0.229 e. The first kappa shape index (κ1) is 14.8. The van der Waals surface area contributed by atoms with Gasteiger partial charge in [-0.15, -0.1) is 0 Å². The molecule has 5 nitrogen and oxygen atoms in total. The van der Waals surface area contributed by atoms with Crippen LogP contribution in [0, 0.1) is 5.92 Å². The lowest BCUT2D eigenvalue weighted by Gasteiger charge is -2.33. The van der Waals surface area contributed by atoms with Crippen LogP contribution in [-0.4, -0.2) is 74.7 Å². The van der Waals surface area contributed by atoms with E-state index in [1.807, 2.05) is 7.05 Å². The number of nitrogens with one attached hydrogen (secondary N) is 1. The molecule has 2 aliphatic rings. The number of ether oxygens (including phenoxy) is 1. The average Bonchev–Trinajstić information content (AvgIpc) is 2.81. The lowest BCUT2D eigenvalue weighted by Crippen LogP contribution is -2.50. The van der Waals surface area contributed by atoms with Crippen molar-refractivity contribution < 1.29 is 9.53 Å². The maximum absolute atomic E-state index is 12.8. The van der Waals surface area contributed by atoms with Gasteiger partial charge < -0.3 is 19.9 Å². The van der Waals surface area contributed by atoms with Gasteiger partial charge in [0.2, 0.25) is 5.91 Å². The minimum atomic E-state index is -0.0116. The van der Waals surface area contributed by atoms with E-state index in [1.165, 1.54) is 0 Å². The van der Waals surface area contributed by atoms with Crippen LogP contribution in [0.1, 0.15) is 19.8 Å². The minimum absolute atomic E-state index is 0.0116. The van der Waals surface area contributed by atoms with Gasteiger partial charge in [0.25, 0.3) is 0 Å². The highest BCUT2D eigenvalue weighted by Crippen LogP contribution is 2.21. The molecule has 0 aliphatic carbocycles. The molecular weight excluding hydrogens is 242 g/mol. The summed E-state index contributed by atoms with van der Waals surface area (Å²) in [6.07, 6.45) is 2.09. The van der Waals surface area contributed by atoms with Crippen molar-refractivity contribution in [2.24, 2.45) is 5.92 Å². The quantitative estimate of drug-likeness (QED) is 0.793. The fraction of sp³-hybridized carbons (Fsp3) is 0.929. The molecular formula is C14H27N3O2. The molecule has 19 heavy (non-hydrogen) atoms. The second kappa shape index (κ2) is 6.68. The Morgan fingerprint density at radius 2 is 2.16 bits per heavy atom. The molecule has 1 amide bonds. The lowest BCUT2D eigenvalue weighted by atomic mass is 10.0. The molecule has 3 unspecified atom stereocenters. The lowest BCUT2D eigenvalue weighted by molar-refractivity contribution is -0.138. The van der Waals surface area contributed by atoms with Crippen LogP contribution in [-0.2, 0) is 9.53 Å². The Labute approximate surface area is 116 Å². The predicted molar refractivity (Wildman–Crippen MR) is 75.1 cm³/mol. The van der Waals surface area contributed by atoms with Gasteiger partial charge >= 0.3 is 0 Å². The Bertz CT molecular complexity index is 311. The third kappa shape index (κ3) is 3.27. The molecule has 2 aliphatic heterocycles. The van der Waals surface area contributed by atoms with Crippen LogP contribution in [0.15, 0.2) is 0 Å². The molecule has 5 heteroatoms. The molecule has 2 heterocycles. The van der Waals surface area contributed by atoms with E-state index in [-0.39, 0.29) is 17.9 Å². The van der Waals surface area contributed by atoms with Crippen molar-refractivity contribution in [1.82, 2.24) is 15.1 Å². The van der Waals surface area contributed by atoms with Gasteiger partial charge in [0.05, 0.1) is 19.1 Å². The van der Waals surface area contributed by atoms with Crippen molar-refractivity contribution in [3.8, 4) is 0 Å². The second-order valence-electron chi connectivity index (χ2n) is 5.75. The summed E-state index contributed by atoms with van der Waals surface area (Å²) in [5.41, 5.74) is 0. The monoisotopic (exact) mass is 269 g/mol. The van der Waals surface area contributed by atoms with Crippen LogP contribution in [0.5, 0.6) is 0 Å². The minimum Gasteiger partial charge on any atom is -0.379 e. The van der Waals surface area contributed by atoms with Gasteiger partial charge in [-0.25, -0.2) is 0 Å². The van der Waals surface area contributed by atoms with Crippen molar-refractivity contribution >= 4 is 5.91 Å². The van der Waals surface area contributed by atoms with Crippen molar-refractivity contribution in [2.45, 2.75) is 31.8 Å². The highest BCUT2D eigenvalue weighted by atomic mass is 16.5. The summed E-state index contributed by atoms with van der Waals surface area (Å²) in [5, 5.41) is 3.21. The molecule has 3 atom stereocenters. The molecule has 1 N–H and O–H groups in total. The number of likely N-dealkylation sites (N-methyl/N-ethyl adjacent to an activating group) is 2. The van der Waals surface area contributed by atoms with Crippen molar-refractivity contribution in [2.75, 3.05) is 46.9 Å². The molecule has 2 fully saturated rings. The molecule has 0 saturated carbocycles. The molecule has 2 saturated heterocycles. The summed E-state index contributed by atoms with van der Waals surface area (Å²) >= 11 is 0. The molecule has 2 rings (SSSR count). The second-order valence-corrected chi connectivity index (χ2v) is 5.75. The normalized spacial score (nSPS) is 33.4. The van der Waals surface area contributed by atoms with E-state index < -0.39 is 0 Å². The summed E-state index contributed by atoms with van der Waals surface area (Å²) in [7, 11) is 4.05. The Morgan fingerprint density at radius 3 is 2.84 bits per heavy atom. The number of rotatable bonds is 3. The van der Waals surface area contributed by atoms with Gasteiger partial charge in [0.15, 0.2) is 0 Å². The van der Waals surface area contributed by atoms with Crippen molar-refractivity contribution in [1.29, 1.82) is 0 Å². The van der Waals surface area contributed by atoms with Crippen LogP contribution >= 0.6 is 0 Å². The van der Waals surface area contributed by atoms with Crippen LogP contribution in [0.2, 0.25) is 0 Å². The van der Waals surface area contributed by atoms with E-state index >= 15 is 0 Å². The van der Waals surface area contributed by atoms with Gasteiger partial charge in [0, 0.05) is 25.2 Å². The van der Waals surface area contributed by atoms with Gasteiger partial charge in [-0.3, -0.25) is 4.79 Å². The molecule has 110 valence electrons. The molecule has 0 aromatic rings. The van der Waals surface area contributed by atoms with E-state index in [1.54, 1.807) is 0 Å². The van der Waals surface area contributed by atoms with E-state index in [0.29, 0.717) is 19.3 Å². The molecule has 0 aromatic carbocycles. The average molecular weight is 269 g/mol. The number of amides is 1. The third-order valence-corrected chi connectivity index (χ3v) is 4.42. The summed E-state index contributed by atoms with van der Waals surface area (Å²) in [5.74, 6) is 0.265. The first-order chi connectivity index (χ1) is 9.17. The maximum Gasteiger partial charge on any atom is 0.229 e. The zero-order valence-corrected chi connectivity index (χ0v) is 12.4. The van der Waals surface area contributed by atoms with E-state index in [9.17, 15) is 4.79 Å². The SMILES string of the molecule is CCC1CN(C)CCCN1C(=O)C1COCC1NC. The molecule has 0 spiro atoms. The summed E-state index contributed by atoms with van der Waals surface area (Å²) in [6.45, 7) is 6.33. The van der Waals surface area contributed by atoms with E-state index in [2.05, 4.69) is 29.1 Å². The Hall–Kier alpha value is -0.650. The topological polar surface area (TPSA) is 44.8 Å². The van der Waals surface area contributed by atoms with Gasteiger partial charge in [-0.2, -0.15) is 0 Å². The molecule has 0 bridgehead atoms. The van der Waals surface area contributed by atoms with Gasteiger partial charge in [0.1, 0.15) is 0 Å². The first-order valence-corrected chi connectivity index (χ1v) is 7.41. The third-order valence-electron chi connectivity index (χ3n) is 4.42. The zero-order chi connectivity index (χ0) is 13.8. The summed E-state index contributed by atoms with van der Waals surface area (Å²) in [4.78, 5) is 17.2. The number of hydrogen-bond donors (Lipinski definition) is 1. The number of carbonyl (C=O) groups is 1. The maximum atomic E-state index is 12.8. The van der Waals surface area contributed by atoms with E-state index in [4.69, 9.17) is 4.74 Å². The Kier molecular flexibility index (Phi) is 5.19. The number of nitrogens with zero attached hydrogens (tertiary/aromatic N) is 2. The highest BCUT2D eigenvalue weighted by molar-refractivity contribution is 5.80. The zero-order valence-electron chi connectivity index (χ0n) is 12.4. The van der Waals surface area contributed by atoms with E-state index in [0.717, 1.165) is 32.5 Å². The van der Waals surface area contributed by atoms with Crippen LogP contribution in [0.3, 0.4) is 0 Å². The molecule has 0 aromatic heterocycles. The Morgan fingerprint density at radius 1 is 1.37 bits per heavy atom. The molecule has 0 radical (unpaired) electrons. The van der Waals surface area contributed by atoms with Gasteiger partial charge in [-0.1, -0.05) is 6.92 Å². The summed E-state index contributed by atoms with van der Waals surface area (Å²) in [6, 6.07) is 0.518. The largest absolute Gasteiger partial charge is 0.379 e. The van der Waals surface area contributed by atoms with Crippen LogP contribution in [0.25, 0.3) is 0 Å². The highest BCUT2D eigenvalue weighted by Gasteiger charge is 2.38. The predicted octanol–water partition coefficient (Wildman–Crippen LogP) is 0.164. The Balaban J connectivity index is 2.07. The fourth-order valence-electron chi connectivity index (χ4n) is 3.18. The first-order valence-electron chi connectivity index (χ1n) is 7.41. The fourth-order valence-corrected chi connectivity index (χ4v) is 3.18. The summed E-state index contributed by atoms with van der Waals surface area (Å²) < 4.78 is 5.47. The standard InChI is InChI=1S/C14H27N3O2/c1-4-11-8-16(3)6-5-7-17(11)14(18)12-9-19-10-13(12)15-2/h11-13,15H,4-10H2,1-3H3. The number of carbonyl (C=O) groups excluding carboxylic acids is 1. The number of hydrogen-bond acceptors (Lipinski definition) is 4. The van der Waals surface area contributed by atoms with Gasteiger partial charge in [-0.05, 0) is 33.5 Å². The van der Waals surface area contributed by atoms with Crippen LogP contribution in [0.4, 0.5) is 0 Å². The van der Waals surface area contributed by atoms with Crippen LogP contribution < -0.4 is 5.32 Å². The van der Waals surface area contributed by atoms with Crippen molar-refractivity contribution in [3.63, 3.8) is 0 Å².